The molecule has 0 saturated carbocycles. The van der Waals surface area contributed by atoms with E-state index in [2.05, 4.69) is 6.92 Å². The highest BCUT2D eigenvalue weighted by Gasteiger charge is 2.24. The molecule has 29 heavy (non-hydrogen) atoms. The number of hydrogen-bond donors (Lipinski definition) is 3. The SMILES string of the molecule is CCCCCCCCCCCCCOc1c(CCCC)cc(O)c(O)c1C(=O)O. The highest BCUT2D eigenvalue weighted by Crippen LogP contribution is 2.39. The highest BCUT2D eigenvalue weighted by atomic mass is 16.5. The van der Waals surface area contributed by atoms with E-state index < -0.39 is 17.5 Å². The standard InChI is InChI=1S/C24H40O5/c1-3-5-7-8-9-10-11-12-13-14-15-17-29-23-19(16-6-4-2)18-20(25)22(26)21(23)24(27)28/h18,25-26H,3-17H2,1-2H3,(H,27,28). The second kappa shape index (κ2) is 15.0. The third-order valence-electron chi connectivity index (χ3n) is 5.32. The first-order chi connectivity index (χ1) is 14.0. The number of aromatic carboxylic acids is 1. The number of phenolic OH excluding ortho intramolecular Hbond substituents is 1. The van der Waals surface area contributed by atoms with Gasteiger partial charge in [-0.3, -0.25) is 0 Å². The summed E-state index contributed by atoms with van der Waals surface area (Å²) in [7, 11) is 0. The van der Waals surface area contributed by atoms with Gasteiger partial charge in [0, 0.05) is 0 Å². The summed E-state index contributed by atoms with van der Waals surface area (Å²) >= 11 is 0. The van der Waals surface area contributed by atoms with E-state index in [4.69, 9.17) is 4.74 Å². The lowest BCUT2D eigenvalue weighted by atomic mass is 10.0. The normalized spacial score (nSPS) is 11.0. The van der Waals surface area contributed by atoms with E-state index in [0.717, 1.165) is 32.1 Å². The molecule has 0 atom stereocenters. The van der Waals surface area contributed by atoms with Crippen LogP contribution in [0.1, 0.15) is 113 Å². The molecule has 0 heterocycles. The molecule has 0 aliphatic carbocycles. The Hall–Kier alpha value is -1.91. The number of hydrogen-bond acceptors (Lipinski definition) is 4. The van der Waals surface area contributed by atoms with Crippen molar-refractivity contribution in [1.29, 1.82) is 0 Å². The Kier molecular flexibility index (Phi) is 13.0. The van der Waals surface area contributed by atoms with Gasteiger partial charge >= 0.3 is 5.97 Å². The van der Waals surface area contributed by atoms with Gasteiger partial charge in [0.1, 0.15) is 11.3 Å². The number of aromatic hydroxyl groups is 2. The van der Waals surface area contributed by atoms with E-state index in [1.807, 2.05) is 6.92 Å². The molecule has 166 valence electrons. The summed E-state index contributed by atoms with van der Waals surface area (Å²) < 4.78 is 5.79. The van der Waals surface area contributed by atoms with Crippen molar-refractivity contribution in [3.8, 4) is 17.2 Å². The van der Waals surface area contributed by atoms with Crippen LogP contribution in [0.3, 0.4) is 0 Å². The number of aryl methyl sites for hydroxylation is 1. The number of carboxylic acids is 1. The second-order valence-electron chi connectivity index (χ2n) is 7.90. The molecule has 0 aromatic heterocycles. The summed E-state index contributed by atoms with van der Waals surface area (Å²) in [6, 6.07) is 1.42. The van der Waals surface area contributed by atoms with Crippen LogP contribution in [0.25, 0.3) is 0 Å². The summed E-state index contributed by atoms with van der Waals surface area (Å²) in [4.78, 5) is 11.6. The van der Waals surface area contributed by atoms with Crippen LogP contribution in [0.2, 0.25) is 0 Å². The van der Waals surface area contributed by atoms with E-state index in [9.17, 15) is 20.1 Å². The average molecular weight is 409 g/mol. The lowest BCUT2D eigenvalue weighted by Crippen LogP contribution is -2.08. The van der Waals surface area contributed by atoms with Gasteiger partial charge in [0.05, 0.1) is 6.61 Å². The Morgan fingerprint density at radius 1 is 0.828 bits per heavy atom. The predicted molar refractivity (Wildman–Crippen MR) is 117 cm³/mol. The minimum Gasteiger partial charge on any atom is -0.504 e. The Morgan fingerprint density at radius 3 is 1.86 bits per heavy atom. The molecule has 1 aromatic carbocycles. The number of rotatable bonds is 17. The van der Waals surface area contributed by atoms with Crippen LogP contribution in [0.5, 0.6) is 17.2 Å². The quantitative estimate of drug-likeness (QED) is 0.194. The molecule has 0 radical (unpaired) electrons. The molecule has 0 saturated heterocycles. The lowest BCUT2D eigenvalue weighted by molar-refractivity contribution is 0.0687. The molecular weight excluding hydrogens is 368 g/mol. The maximum Gasteiger partial charge on any atom is 0.343 e. The van der Waals surface area contributed by atoms with Gasteiger partial charge < -0.3 is 20.1 Å². The van der Waals surface area contributed by atoms with Gasteiger partial charge in [-0.05, 0) is 30.9 Å². The maximum atomic E-state index is 11.6. The molecular formula is C24H40O5. The highest BCUT2D eigenvalue weighted by molar-refractivity contribution is 5.95. The fourth-order valence-electron chi connectivity index (χ4n) is 3.55. The monoisotopic (exact) mass is 408 g/mol. The number of unbranched alkanes of at least 4 members (excludes halogenated alkanes) is 11. The van der Waals surface area contributed by atoms with E-state index in [0.29, 0.717) is 18.6 Å². The van der Waals surface area contributed by atoms with Crippen LogP contribution in [0.15, 0.2) is 6.07 Å². The van der Waals surface area contributed by atoms with Gasteiger partial charge in [-0.25, -0.2) is 4.79 Å². The van der Waals surface area contributed by atoms with E-state index in [1.165, 1.54) is 57.4 Å². The van der Waals surface area contributed by atoms with Crippen LogP contribution in [-0.2, 0) is 6.42 Å². The van der Waals surface area contributed by atoms with Crippen LogP contribution in [0, 0.1) is 0 Å². The predicted octanol–water partition coefficient (Wildman–Crippen LogP) is 6.83. The molecule has 0 amide bonds. The number of benzene rings is 1. The largest absolute Gasteiger partial charge is 0.504 e. The van der Waals surface area contributed by atoms with Gasteiger partial charge in [-0.2, -0.15) is 0 Å². The van der Waals surface area contributed by atoms with Gasteiger partial charge in [-0.15, -0.1) is 0 Å². The van der Waals surface area contributed by atoms with Gasteiger partial charge in [0.15, 0.2) is 11.5 Å². The molecule has 5 nitrogen and oxygen atoms in total. The van der Waals surface area contributed by atoms with Crippen LogP contribution in [-0.4, -0.2) is 27.9 Å². The van der Waals surface area contributed by atoms with Crippen molar-refractivity contribution in [2.45, 2.75) is 104 Å². The molecule has 0 aliphatic rings. The van der Waals surface area contributed by atoms with Gasteiger partial charge in [-0.1, -0.05) is 84.5 Å². The molecule has 0 fully saturated rings. The first-order valence-corrected chi connectivity index (χ1v) is 11.5. The fraction of sp³-hybridized carbons (Fsp3) is 0.708. The number of ether oxygens (including phenoxy) is 1. The van der Waals surface area contributed by atoms with Crippen molar-refractivity contribution in [2.24, 2.45) is 0 Å². The van der Waals surface area contributed by atoms with Gasteiger partial charge in [0.2, 0.25) is 0 Å². The molecule has 1 aromatic rings. The number of carboxylic acid groups (broad SMARTS) is 1. The molecule has 0 bridgehead atoms. The van der Waals surface area contributed by atoms with Crippen LogP contribution >= 0.6 is 0 Å². The van der Waals surface area contributed by atoms with E-state index in [-0.39, 0.29) is 11.3 Å². The van der Waals surface area contributed by atoms with E-state index >= 15 is 0 Å². The Morgan fingerprint density at radius 2 is 1.34 bits per heavy atom. The zero-order chi connectivity index (χ0) is 21.5. The van der Waals surface area contributed by atoms with Crippen molar-refractivity contribution in [3.63, 3.8) is 0 Å². The topological polar surface area (TPSA) is 87.0 Å². The van der Waals surface area contributed by atoms with Gasteiger partial charge in [0.25, 0.3) is 0 Å². The first kappa shape index (κ1) is 25.1. The zero-order valence-corrected chi connectivity index (χ0v) is 18.3. The molecule has 1 rings (SSSR count). The molecule has 5 heteroatoms. The zero-order valence-electron chi connectivity index (χ0n) is 18.3. The van der Waals surface area contributed by atoms with Crippen LogP contribution in [0.4, 0.5) is 0 Å². The number of carbonyl (C=O) groups is 1. The van der Waals surface area contributed by atoms with Crippen molar-refractivity contribution in [2.75, 3.05) is 6.61 Å². The smallest absolute Gasteiger partial charge is 0.343 e. The van der Waals surface area contributed by atoms with E-state index in [1.54, 1.807) is 0 Å². The summed E-state index contributed by atoms with van der Waals surface area (Å²) in [5, 5.41) is 29.3. The molecule has 0 unspecified atom stereocenters. The van der Waals surface area contributed by atoms with Crippen molar-refractivity contribution in [1.82, 2.24) is 0 Å². The average Bonchev–Trinajstić information content (AvgIpc) is 2.69. The first-order valence-electron chi connectivity index (χ1n) is 11.5. The van der Waals surface area contributed by atoms with Crippen molar-refractivity contribution in [3.05, 3.63) is 17.2 Å². The second-order valence-corrected chi connectivity index (χ2v) is 7.90. The van der Waals surface area contributed by atoms with Crippen molar-refractivity contribution < 1.29 is 24.9 Å². The summed E-state index contributed by atoms with van der Waals surface area (Å²) in [6.45, 7) is 4.70. The summed E-state index contributed by atoms with van der Waals surface area (Å²) in [5.74, 6) is -2.11. The third kappa shape index (κ3) is 9.42. The minimum absolute atomic E-state index is 0.202. The Labute approximate surface area is 176 Å². The number of phenols is 2. The third-order valence-corrected chi connectivity index (χ3v) is 5.32. The Balaban J connectivity index is 2.41. The summed E-state index contributed by atoms with van der Waals surface area (Å²) in [5.41, 5.74) is 0.307. The molecule has 3 N–H and O–H groups in total. The Bertz CT molecular complexity index is 597. The fourth-order valence-corrected chi connectivity index (χ4v) is 3.55. The maximum absolute atomic E-state index is 11.6. The molecule has 0 spiro atoms. The minimum atomic E-state index is -1.29. The molecule has 0 aliphatic heterocycles. The summed E-state index contributed by atoms with van der Waals surface area (Å²) in [6.07, 6.45) is 16.0. The van der Waals surface area contributed by atoms with Crippen LogP contribution < -0.4 is 4.74 Å². The van der Waals surface area contributed by atoms with Crippen molar-refractivity contribution >= 4 is 5.97 Å². The lowest BCUT2D eigenvalue weighted by Gasteiger charge is -2.16.